The molecule has 1 heterocycles. The van der Waals surface area contributed by atoms with Gasteiger partial charge in [-0.2, -0.15) is 4.98 Å². The van der Waals surface area contributed by atoms with E-state index >= 15 is 0 Å². The highest BCUT2D eigenvalue weighted by Crippen LogP contribution is 2.31. The van der Waals surface area contributed by atoms with Gasteiger partial charge in [0.15, 0.2) is 0 Å². The summed E-state index contributed by atoms with van der Waals surface area (Å²) in [6, 6.07) is 0. The normalized spacial score (nSPS) is 23.1. The molecule has 0 bridgehead atoms. The predicted octanol–water partition coefficient (Wildman–Crippen LogP) is 0.891. The van der Waals surface area contributed by atoms with Crippen LogP contribution in [0.15, 0.2) is 6.20 Å². The van der Waals surface area contributed by atoms with Crippen molar-refractivity contribution in [2.45, 2.75) is 26.2 Å². The van der Waals surface area contributed by atoms with Crippen LogP contribution in [-0.4, -0.2) is 28.2 Å². The molecule has 2 atom stereocenters. The third kappa shape index (κ3) is 2.88. The Morgan fingerprint density at radius 3 is 2.94 bits per heavy atom. The number of nitrogens with one attached hydrogen (secondary N) is 2. The summed E-state index contributed by atoms with van der Waals surface area (Å²) in [5, 5.41) is 12.6. The van der Waals surface area contributed by atoms with Crippen molar-refractivity contribution in [3.63, 3.8) is 0 Å². The molecule has 0 saturated heterocycles. The Bertz CT molecular complexity index is 398. The van der Waals surface area contributed by atoms with Gasteiger partial charge in [0.2, 0.25) is 5.95 Å². The number of hydrogen-bond acceptors (Lipinski definition) is 6. The molecular weight excluding hydrogens is 230 g/mol. The van der Waals surface area contributed by atoms with Gasteiger partial charge in [0, 0.05) is 24.9 Å². The lowest BCUT2D eigenvalue weighted by atomic mass is 9.97. The van der Waals surface area contributed by atoms with Gasteiger partial charge < -0.3 is 10.4 Å². The molecule has 18 heavy (non-hydrogen) atoms. The Morgan fingerprint density at radius 2 is 2.22 bits per heavy atom. The summed E-state index contributed by atoms with van der Waals surface area (Å²) in [6.45, 7) is 3.08. The van der Waals surface area contributed by atoms with Crippen LogP contribution in [0.25, 0.3) is 0 Å². The molecule has 1 saturated carbocycles. The highest BCUT2D eigenvalue weighted by molar-refractivity contribution is 5.46. The van der Waals surface area contributed by atoms with E-state index in [4.69, 9.17) is 5.84 Å². The van der Waals surface area contributed by atoms with E-state index in [1.807, 2.05) is 6.92 Å². The monoisotopic (exact) mass is 251 g/mol. The van der Waals surface area contributed by atoms with E-state index in [0.29, 0.717) is 17.8 Å². The van der Waals surface area contributed by atoms with Crippen molar-refractivity contribution in [3.8, 4) is 0 Å². The maximum absolute atomic E-state index is 9.29. The lowest BCUT2D eigenvalue weighted by molar-refractivity contribution is 0.199. The summed E-state index contributed by atoms with van der Waals surface area (Å²) in [4.78, 5) is 8.32. The number of aliphatic hydroxyl groups is 1. The minimum atomic E-state index is 0.282. The van der Waals surface area contributed by atoms with Crippen LogP contribution in [0.1, 0.15) is 24.8 Å². The molecule has 6 nitrogen and oxygen atoms in total. The van der Waals surface area contributed by atoms with Crippen LogP contribution in [0.3, 0.4) is 0 Å². The van der Waals surface area contributed by atoms with Crippen molar-refractivity contribution >= 4 is 11.8 Å². The molecule has 2 unspecified atom stereocenters. The van der Waals surface area contributed by atoms with Gasteiger partial charge in [-0.25, -0.2) is 10.8 Å². The number of rotatable bonds is 5. The molecule has 6 heteroatoms. The molecule has 5 N–H and O–H groups in total. The molecule has 1 aliphatic carbocycles. The number of nitrogens with two attached hydrogens (primary N) is 1. The first kappa shape index (κ1) is 13.0. The molecule has 0 spiro atoms. The smallest absolute Gasteiger partial charge is 0.239 e. The molecule has 0 aliphatic heterocycles. The van der Waals surface area contributed by atoms with E-state index in [2.05, 4.69) is 20.7 Å². The number of aryl methyl sites for hydroxylation is 1. The first-order valence-electron chi connectivity index (χ1n) is 6.39. The zero-order valence-electron chi connectivity index (χ0n) is 10.7. The third-order valence-corrected chi connectivity index (χ3v) is 3.68. The van der Waals surface area contributed by atoms with Gasteiger partial charge in [0.05, 0.1) is 0 Å². The van der Waals surface area contributed by atoms with Crippen LogP contribution in [0, 0.1) is 18.8 Å². The minimum Gasteiger partial charge on any atom is -0.396 e. The largest absolute Gasteiger partial charge is 0.396 e. The van der Waals surface area contributed by atoms with Crippen LogP contribution in [0.2, 0.25) is 0 Å². The summed E-state index contributed by atoms with van der Waals surface area (Å²) in [6.07, 6.45) is 5.24. The molecule has 1 aromatic heterocycles. The number of hydrazine groups is 1. The SMILES string of the molecule is Cc1cnc(NN)nc1NCC1CCCC1CO. The number of aliphatic hydroxyl groups excluding tert-OH is 1. The Balaban J connectivity index is 1.97. The quantitative estimate of drug-likeness (QED) is 0.458. The van der Waals surface area contributed by atoms with Gasteiger partial charge in [-0.15, -0.1) is 0 Å². The summed E-state index contributed by atoms with van der Waals surface area (Å²) in [5.41, 5.74) is 3.43. The zero-order valence-corrected chi connectivity index (χ0v) is 10.7. The van der Waals surface area contributed by atoms with E-state index < -0.39 is 0 Å². The Kier molecular flexibility index (Phi) is 4.33. The molecule has 2 rings (SSSR count). The molecular formula is C12H21N5O. The van der Waals surface area contributed by atoms with Crippen molar-refractivity contribution in [1.29, 1.82) is 0 Å². The Labute approximate surface area is 107 Å². The fourth-order valence-electron chi connectivity index (χ4n) is 2.54. The average Bonchev–Trinajstić information content (AvgIpc) is 2.85. The zero-order chi connectivity index (χ0) is 13.0. The summed E-state index contributed by atoms with van der Waals surface area (Å²) in [7, 11) is 0. The van der Waals surface area contributed by atoms with Gasteiger partial charge in [0.25, 0.3) is 0 Å². The van der Waals surface area contributed by atoms with E-state index in [0.717, 1.165) is 24.3 Å². The van der Waals surface area contributed by atoms with Gasteiger partial charge in [0.1, 0.15) is 5.82 Å². The first-order valence-corrected chi connectivity index (χ1v) is 6.39. The highest BCUT2D eigenvalue weighted by Gasteiger charge is 2.26. The number of aromatic nitrogens is 2. The fourth-order valence-corrected chi connectivity index (χ4v) is 2.54. The van der Waals surface area contributed by atoms with Crippen molar-refractivity contribution in [1.82, 2.24) is 9.97 Å². The topological polar surface area (TPSA) is 96.1 Å². The first-order chi connectivity index (χ1) is 8.74. The molecule has 1 aromatic rings. The lowest BCUT2D eigenvalue weighted by Gasteiger charge is -2.19. The van der Waals surface area contributed by atoms with E-state index in [1.54, 1.807) is 6.20 Å². The standard InChI is InChI=1S/C12H21N5O/c1-8-5-15-12(17-13)16-11(8)14-6-9-3-2-4-10(9)7-18/h5,9-10,18H,2-4,6-7,13H2,1H3,(H2,14,15,16,17). The van der Waals surface area contributed by atoms with Gasteiger partial charge in [-0.3, -0.25) is 5.43 Å². The van der Waals surface area contributed by atoms with E-state index in [9.17, 15) is 5.11 Å². The van der Waals surface area contributed by atoms with Gasteiger partial charge >= 0.3 is 0 Å². The molecule has 0 radical (unpaired) electrons. The molecule has 100 valence electrons. The fraction of sp³-hybridized carbons (Fsp3) is 0.667. The summed E-state index contributed by atoms with van der Waals surface area (Å²) >= 11 is 0. The highest BCUT2D eigenvalue weighted by atomic mass is 16.3. The third-order valence-electron chi connectivity index (χ3n) is 3.68. The van der Waals surface area contributed by atoms with E-state index in [1.165, 1.54) is 12.8 Å². The Morgan fingerprint density at radius 1 is 1.44 bits per heavy atom. The van der Waals surface area contributed by atoms with Crippen LogP contribution >= 0.6 is 0 Å². The number of anilines is 2. The van der Waals surface area contributed by atoms with Crippen molar-refractivity contribution in [3.05, 3.63) is 11.8 Å². The lowest BCUT2D eigenvalue weighted by Crippen LogP contribution is -2.22. The van der Waals surface area contributed by atoms with E-state index in [-0.39, 0.29) is 6.61 Å². The molecule has 0 amide bonds. The number of nitrogens with zero attached hydrogens (tertiary/aromatic N) is 2. The van der Waals surface area contributed by atoms with Crippen LogP contribution in [0.4, 0.5) is 11.8 Å². The maximum atomic E-state index is 9.29. The minimum absolute atomic E-state index is 0.282. The van der Waals surface area contributed by atoms with Crippen molar-refractivity contribution < 1.29 is 5.11 Å². The average molecular weight is 251 g/mol. The number of nitrogen functional groups attached to an aromatic ring is 1. The second-order valence-corrected chi connectivity index (χ2v) is 4.88. The maximum Gasteiger partial charge on any atom is 0.239 e. The van der Waals surface area contributed by atoms with Gasteiger partial charge in [-0.1, -0.05) is 6.42 Å². The predicted molar refractivity (Wildman–Crippen MR) is 71.0 cm³/mol. The second kappa shape index (κ2) is 5.97. The number of hydrogen-bond donors (Lipinski definition) is 4. The van der Waals surface area contributed by atoms with Crippen molar-refractivity contribution in [2.24, 2.45) is 17.7 Å². The summed E-state index contributed by atoms with van der Waals surface area (Å²) < 4.78 is 0. The molecule has 1 aliphatic rings. The van der Waals surface area contributed by atoms with Crippen LogP contribution < -0.4 is 16.6 Å². The molecule has 1 fully saturated rings. The van der Waals surface area contributed by atoms with Crippen LogP contribution in [-0.2, 0) is 0 Å². The second-order valence-electron chi connectivity index (χ2n) is 4.88. The molecule has 0 aromatic carbocycles. The van der Waals surface area contributed by atoms with Crippen LogP contribution in [0.5, 0.6) is 0 Å². The summed E-state index contributed by atoms with van der Waals surface area (Å²) in [5.74, 6) is 7.46. The Hall–Kier alpha value is -1.40. The van der Waals surface area contributed by atoms with Gasteiger partial charge in [-0.05, 0) is 31.6 Å². The van der Waals surface area contributed by atoms with Crippen molar-refractivity contribution in [2.75, 3.05) is 23.9 Å².